The van der Waals surface area contributed by atoms with Crippen molar-refractivity contribution in [1.82, 2.24) is 14.7 Å². The van der Waals surface area contributed by atoms with Crippen LogP contribution in [0.2, 0.25) is 0 Å². The van der Waals surface area contributed by atoms with Crippen LogP contribution in [0.1, 0.15) is 29.9 Å². The summed E-state index contributed by atoms with van der Waals surface area (Å²) >= 11 is 0. The zero-order valence-corrected chi connectivity index (χ0v) is 9.03. The lowest BCUT2D eigenvalue weighted by Gasteiger charge is -2.16. The number of aryl methyl sites for hydroxylation is 1. The fourth-order valence-electron chi connectivity index (χ4n) is 1.43. The van der Waals surface area contributed by atoms with Crippen LogP contribution in [0.3, 0.4) is 0 Å². The van der Waals surface area contributed by atoms with Crippen LogP contribution in [0.25, 0.3) is 0 Å². The molecular weight excluding hydrogens is 178 g/mol. The quantitative estimate of drug-likeness (QED) is 0.660. The zero-order valence-electron chi connectivity index (χ0n) is 9.03. The Bertz CT molecular complexity index is 302. The molecule has 1 rings (SSSR count). The van der Waals surface area contributed by atoms with Crippen LogP contribution in [-0.2, 0) is 13.6 Å². The monoisotopic (exact) mass is 195 g/mol. The summed E-state index contributed by atoms with van der Waals surface area (Å²) in [6.07, 6.45) is 2.62. The summed E-state index contributed by atoms with van der Waals surface area (Å²) in [5, 5.41) is 4.26. The van der Waals surface area contributed by atoms with E-state index in [1.54, 1.807) is 10.9 Å². The van der Waals surface area contributed by atoms with Gasteiger partial charge in [-0.3, -0.25) is 14.4 Å². The van der Waals surface area contributed by atoms with Crippen LogP contribution in [0.15, 0.2) is 6.20 Å². The molecule has 1 aromatic rings. The number of hydrogen-bond acceptors (Lipinski definition) is 3. The maximum absolute atomic E-state index is 10.7. The van der Waals surface area contributed by atoms with Crippen LogP contribution in [-0.4, -0.2) is 34.1 Å². The van der Waals surface area contributed by atoms with Crippen molar-refractivity contribution in [3.05, 3.63) is 17.5 Å². The molecule has 4 nitrogen and oxygen atoms in total. The van der Waals surface area contributed by atoms with Crippen LogP contribution >= 0.6 is 0 Å². The van der Waals surface area contributed by atoms with E-state index in [-0.39, 0.29) is 0 Å². The molecule has 0 saturated carbocycles. The molecule has 0 fully saturated rings. The lowest BCUT2D eigenvalue weighted by Crippen LogP contribution is -2.23. The van der Waals surface area contributed by atoms with Crippen molar-refractivity contribution in [3.8, 4) is 0 Å². The van der Waals surface area contributed by atoms with Crippen molar-refractivity contribution >= 4 is 6.29 Å². The normalized spacial score (nSPS) is 10.9. The zero-order chi connectivity index (χ0) is 10.6. The highest BCUT2D eigenvalue weighted by Crippen LogP contribution is 2.06. The van der Waals surface area contributed by atoms with E-state index < -0.39 is 0 Å². The van der Waals surface area contributed by atoms with Crippen LogP contribution in [0, 0.1) is 0 Å². The first-order chi connectivity index (χ1) is 6.71. The molecule has 0 bridgehead atoms. The first-order valence-electron chi connectivity index (χ1n) is 4.91. The largest absolute Gasteiger partial charge is 0.298 e. The van der Waals surface area contributed by atoms with Crippen molar-refractivity contribution in [3.63, 3.8) is 0 Å². The lowest BCUT2D eigenvalue weighted by atomic mass is 10.2. The predicted octanol–water partition coefficient (Wildman–Crippen LogP) is 1.07. The standard InChI is InChI=1S/C10H17N3O/c1-4-13(5-2)7-10-9(8-14)6-12(3)11-10/h6,8H,4-5,7H2,1-3H3. The van der Waals surface area contributed by atoms with E-state index in [1.165, 1.54) is 0 Å². The summed E-state index contributed by atoms with van der Waals surface area (Å²) in [5.74, 6) is 0. The Hall–Kier alpha value is -1.16. The average molecular weight is 195 g/mol. The molecule has 0 radical (unpaired) electrons. The minimum atomic E-state index is 0.694. The first-order valence-corrected chi connectivity index (χ1v) is 4.91. The fourth-order valence-corrected chi connectivity index (χ4v) is 1.43. The molecule has 78 valence electrons. The third-order valence-corrected chi connectivity index (χ3v) is 2.33. The van der Waals surface area contributed by atoms with Gasteiger partial charge in [0.05, 0.1) is 11.3 Å². The Morgan fingerprint density at radius 3 is 2.64 bits per heavy atom. The highest BCUT2D eigenvalue weighted by atomic mass is 16.1. The van der Waals surface area contributed by atoms with Crippen molar-refractivity contribution < 1.29 is 4.79 Å². The summed E-state index contributed by atoms with van der Waals surface area (Å²) < 4.78 is 1.68. The molecule has 0 aliphatic rings. The van der Waals surface area contributed by atoms with Crippen molar-refractivity contribution in [1.29, 1.82) is 0 Å². The van der Waals surface area contributed by atoms with Crippen molar-refractivity contribution in [2.24, 2.45) is 7.05 Å². The number of aromatic nitrogens is 2. The number of aldehydes is 1. The number of nitrogens with zero attached hydrogens (tertiary/aromatic N) is 3. The van der Waals surface area contributed by atoms with Gasteiger partial charge in [0.2, 0.25) is 0 Å². The minimum absolute atomic E-state index is 0.694. The Balaban J connectivity index is 2.78. The van der Waals surface area contributed by atoms with Gasteiger partial charge in [0, 0.05) is 19.8 Å². The van der Waals surface area contributed by atoms with Gasteiger partial charge in [0.25, 0.3) is 0 Å². The SMILES string of the molecule is CCN(CC)Cc1nn(C)cc1C=O. The molecule has 0 N–H and O–H groups in total. The van der Waals surface area contributed by atoms with Crippen molar-refractivity contribution in [2.45, 2.75) is 20.4 Å². The van der Waals surface area contributed by atoms with E-state index in [0.717, 1.165) is 31.6 Å². The Kier molecular flexibility index (Phi) is 3.83. The van der Waals surface area contributed by atoms with Gasteiger partial charge in [-0.2, -0.15) is 5.10 Å². The number of carbonyl (C=O) groups excluding carboxylic acids is 1. The van der Waals surface area contributed by atoms with E-state index in [1.807, 2.05) is 7.05 Å². The fraction of sp³-hybridized carbons (Fsp3) is 0.600. The summed E-state index contributed by atoms with van der Waals surface area (Å²) in [4.78, 5) is 13.0. The second kappa shape index (κ2) is 4.91. The highest BCUT2D eigenvalue weighted by molar-refractivity contribution is 5.75. The van der Waals surface area contributed by atoms with Gasteiger partial charge in [-0.25, -0.2) is 0 Å². The number of hydrogen-bond donors (Lipinski definition) is 0. The molecular formula is C10H17N3O. The van der Waals surface area contributed by atoms with Crippen LogP contribution in [0.4, 0.5) is 0 Å². The maximum atomic E-state index is 10.7. The average Bonchev–Trinajstić information content (AvgIpc) is 2.55. The summed E-state index contributed by atoms with van der Waals surface area (Å²) in [7, 11) is 1.83. The molecule has 1 aromatic heterocycles. The van der Waals surface area contributed by atoms with E-state index >= 15 is 0 Å². The predicted molar refractivity (Wildman–Crippen MR) is 55.2 cm³/mol. The molecule has 0 saturated heterocycles. The third-order valence-electron chi connectivity index (χ3n) is 2.33. The van der Waals surface area contributed by atoms with E-state index in [0.29, 0.717) is 5.56 Å². The molecule has 0 atom stereocenters. The Labute approximate surface area is 84.5 Å². The molecule has 0 amide bonds. The minimum Gasteiger partial charge on any atom is -0.298 e. The molecule has 0 aliphatic carbocycles. The van der Waals surface area contributed by atoms with Gasteiger partial charge in [-0.05, 0) is 13.1 Å². The molecule has 1 heterocycles. The maximum Gasteiger partial charge on any atom is 0.153 e. The van der Waals surface area contributed by atoms with Gasteiger partial charge in [0.15, 0.2) is 6.29 Å². The molecule has 0 aliphatic heterocycles. The summed E-state index contributed by atoms with van der Waals surface area (Å²) in [5.41, 5.74) is 1.56. The van der Waals surface area contributed by atoms with Gasteiger partial charge in [0.1, 0.15) is 0 Å². The molecule has 0 spiro atoms. The lowest BCUT2D eigenvalue weighted by molar-refractivity contribution is 0.112. The third kappa shape index (κ3) is 2.42. The van der Waals surface area contributed by atoms with Crippen molar-refractivity contribution in [2.75, 3.05) is 13.1 Å². The van der Waals surface area contributed by atoms with E-state index in [2.05, 4.69) is 23.8 Å². The summed E-state index contributed by atoms with van der Waals surface area (Å²) in [6.45, 7) is 6.92. The first kappa shape index (κ1) is 10.9. The smallest absolute Gasteiger partial charge is 0.153 e. The van der Waals surface area contributed by atoms with Gasteiger partial charge in [-0.15, -0.1) is 0 Å². The second-order valence-electron chi connectivity index (χ2n) is 3.28. The molecule has 14 heavy (non-hydrogen) atoms. The topological polar surface area (TPSA) is 38.1 Å². The van der Waals surface area contributed by atoms with E-state index in [4.69, 9.17) is 0 Å². The van der Waals surface area contributed by atoms with Gasteiger partial charge >= 0.3 is 0 Å². The number of rotatable bonds is 5. The molecule has 0 aromatic carbocycles. The van der Waals surface area contributed by atoms with Gasteiger partial charge in [-0.1, -0.05) is 13.8 Å². The Morgan fingerprint density at radius 1 is 1.50 bits per heavy atom. The van der Waals surface area contributed by atoms with Gasteiger partial charge < -0.3 is 0 Å². The highest BCUT2D eigenvalue weighted by Gasteiger charge is 2.09. The van der Waals surface area contributed by atoms with Crippen LogP contribution < -0.4 is 0 Å². The van der Waals surface area contributed by atoms with Crippen LogP contribution in [0.5, 0.6) is 0 Å². The summed E-state index contributed by atoms with van der Waals surface area (Å²) in [6, 6.07) is 0. The molecule has 0 unspecified atom stereocenters. The number of carbonyl (C=O) groups is 1. The Morgan fingerprint density at radius 2 is 2.14 bits per heavy atom. The van der Waals surface area contributed by atoms with E-state index in [9.17, 15) is 4.79 Å². The second-order valence-corrected chi connectivity index (χ2v) is 3.28. The molecule has 4 heteroatoms.